The molecule has 3 rings (SSSR count). The number of amides is 1. The molecule has 1 heterocycles. The topological polar surface area (TPSA) is 79.4 Å². The molecule has 27 heavy (non-hydrogen) atoms. The second kappa shape index (κ2) is 8.82. The van der Waals surface area contributed by atoms with Gasteiger partial charge in [0.2, 0.25) is 15.9 Å². The Labute approximate surface area is 164 Å². The number of hydrogen-bond acceptors (Lipinski definition) is 4. The van der Waals surface area contributed by atoms with Crippen LogP contribution >= 0.6 is 11.6 Å². The van der Waals surface area contributed by atoms with Gasteiger partial charge in [-0.15, -0.1) is 0 Å². The lowest BCUT2D eigenvalue weighted by Crippen LogP contribution is -2.43. The lowest BCUT2D eigenvalue weighted by molar-refractivity contribution is -0.122. The van der Waals surface area contributed by atoms with Crippen molar-refractivity contribution in [2.45, 2.75) is 43.2 Å². The number of aromatic nitrogens is 1. The van der Waals surface area contributed by atoms with Gasteiger partial charge in [-0.05, 0) is 42.7 Å². The maximum atomic E-state index is 13.1. The van der Waals surface area contributed by atoms with Gasteiger partial charge in [-0.2, -0.15) is 4.31 Å². The molecule has 1 aromatic heterocycles. The third-order valence-corrected chi connectivity index (χ3v) is 6.61. The summed E-state index contributed by atoms with van der Waals surface area (Å²) in [5, 5.41) is 3.51. The summed E-state index contributed by atoms with van der Waals surface area (Å²) in [4.78, 5) is 16.4. The smallest absolute Gasteiger partial charge is 0.245 e. The molecule has 6 nitrogen and oxygen atoms in total. The van der Waals surface area contributed by atoms with E-state index >= 15 is 0 Å². The van der Waals surface area contributed by atoms with E-state index in [0.717, 1.165) is 31.2 Å². The Bertz CT molecular complexity index is 867. The van der Waals surface area contributed by atoms with Crippen LogP contribution in [0.3, 0.4) is 0 Å². The summed E-state index contributed by atoms with van der Waals surface area (Å²) < 4.78 is 27.3. The van der Waals surface area contributed by atoms with Gasteiger partial charge in [-0.3, -0.25) is 9.78 Å². The van der Waals surface area contributed by atoms with Crippen LogP contribution in [0.15, 0.2) is 53.7 Å². The summed E-state index contributed by atoms with van der Waals surface area (Å²) in [6, 6.07) is 10.1. The molecule has 0 aliphatic heterocycles. The van der Waals surface area contributed by atoms with E-state index in [9.17, 15) is 13.2 Å². The van der Waals surface area contributed by atoms with E-state index in [1.165, 1.54) is 22.8 Å². The Hall–Kier alpha value is -1.96. The van der Waals surface area contributed by atoms with Crippen molar-refractivity contribution in [1.29, 1.82) is 0 Å². The van der Waals surface area contributed by atoms with Crippen LogP contribution in [-0.4, -0.2) is 36.2 Å². The number of rotatable bonds is 7. The zero-order valence-electron chi connectivity index (χ0n) is 14.8. The van der Waals surface area contributed by atoms with Crippen molar-refractivity contribution in [2.24, 2.45) is 0 Å². The van der Waals surface area contributed by atoms with Gasteiger partial charge in [-0.25, -0.2) is 8.42 Å². The zero-order chi connectivity index (χ0) is 19.3. The molecule has 1 amide bonds. The largest absolute Gasteiger partial charge is 0.352 e. The predicted octanol–water partition coefficient (Wildman–Crippen LogP) is 2.98. The Morgan fingerprint density at radius 3 is 2.52 bits per heavy atom. The molecule has 1 aliphatic rings. The van der Waals surface area contributed by atoms with Crippen molar-refractivity contribution in [3.05, 3.63) is 59.4 Å². The average molecular weight is 408 g/mol. The minimum Gasteiger partial charge on any atom is -0.352 e. The standard InChI is InChI=1S/C19H22ClN3O3S/c20-16-9-7-15(8-10-16)13-23(14-19(24)22-17-4-1-2-5-17)27(25,26)18-6-3-11-21-12-18/h3,6-12,17H,1-2,4-5,13-14H2,(H,22,24). The summed E-state index contributed by atoms with van der Waals surface area (Å²) in [7, 11) is -3.86. The molecule has 2 aromatic rings. The number of hydrogen-bond donors (Lipinski definition) is 1. The second-order valence-corrected chi connectivity index (χ2v) is 9.01. The summed E-state index contributed by atoms with van der Waals surface area (Å²) in [6.07, 6.45) is 6.87. The minimum absolute atomic E-state index is 0.0626. The number of sulfonamides is 1. The molecule has 1 N–H and O–H groups in total. The Balaban J connectivity index is 1.81. The molecular weight excluding hydrogens is 386 g/mol. The molecule has 0 unspecified atom stereocenters. The Morgan fingerprint density at radius 1 is 1.19 bits per heavy atom. The van der Waals surface area contributed by atoms with E-state index in [1.54, 1.807) is 30.3 Å². The lowest BCUT2D eigenvalue weighted by Gasteiger charge is -2.23. The van der Waals surface area contributed by atoms with Gasteiger partial charge in [0.05, 0.1) is 6.54 Å². The highest BCUT2D eigenvalue weighted by atomic mass is 35.5. The number of benzene rings is 1. The van der Waals surface area contributed by atoms with E-state index in [1.807, 2.05) is 0 Å². The normalized spacial score (nSPS) is 15.2. The first-order valence-corrected chi connectivity index (χ1v) is 10.7. The third-order valence-electron chi connectivity index (χ3n) is 4.58. The highest BCUT2D eigenvalue weighted by molar-refractivity contribution is 7.89. The van der Waals surface area contributed by atoms with Crippen molar-refractivity contribution in [3.63, 3.8) is 0 Å². The van der Waals surface area contributed by atoms with Crippen molar-refractivity contribution in [3.8, 4) is 0 Å². The minimum atomic E-state index is -3.86. The van der Waals surface area contributed by atoms with Crippen LogP contribution < -0.4 is 5.32 Å². The number of nitrogens with one attached hydrogen (secondary N) is 1. The molecule has 0 atom stereocenters. The van der Waals surface area contributed by atoms with Crippen molar-refractivity contribution < 1.29 is 13.2 Å². The number of pyridine rings is 1. The van der Waals surface area contributed by atoms with Gasteiger partial charge in [0, 0.05) is 30.0 Å². The van der Waals surface area contributed by atoms with Gasteiger partial charge in [0.1, 0.15) is 4.90 Å². The van der Waals surface area contributed by atoms with Crippen LogP contribution in [-0.2, 0) is 21.4 Å². The Kier molecular flexibility index (Phi) is 6.46. The van der Waals surface area contributed by atoms with E-state index < -0.39 is 10.0 Å². The fourth-order valence-corrected chi connectivity index (χ4v) is 4.65. The molecule has 0 bridgehead atoms. The molecular formula is C19H22ClN3O3S. The first-order valence-electron chi connectivity index (χ1n) is 8.89. The first-order chi connectivity index (χ1) is 12.9. The number of halogens is 1. The fourth-order valence-electron chi connectivity index (χ4n) is 3.17. The maximum absolute atomic E-state index is 13.1. The van der Waals surface area contributed by atoms with Crippen LogP contribution in [0.2, 0.25) is 5.02 Å². The van der Waals surface area contributed by atoms with E-state index in [0.29, 0.717) is 5.02 Å². The zero-order valence-corrected chi connectivity index (χ0v) is 16.4. The monoisotopic (exact) mass is 407 g/mol. The summed E-state index contributed by atoms with van der Waals surface area (Å²) in [5.41, 5.74) is 0.750. The molecule has 0 radical (unpaired) electrons. The van der Waals surface area contributed by atoms with Crippen molar-refractivity contribution in [1.82, 2.24) is 14.6 Å². The van der Waals surface area contributed by atoms with Gasteiger partial charge >= 0.3 is 0 Å². The van der Waals surface area contributed by atoms with Crippen molar-refractivity contribution in [2.75, 3.05) is 6.54 Å². The van der Waals surface area contributed by atoms with E-state index in [2.05, 4.69) is 10.3 Å². The molecule has 144 valence electrons. The van der Waals surface area contributed by atoms with Crippen LogP contribution in [0.5, 0.6) is 0 Å². The van der Waals surface area contributed by atoms with Gasteiger partial charge in [0.25, 0.3) is 0 Å². The average Bonchev–Trinajstić information content (AvgIpc) is 3.16. The van der Waals surface area contributed by atoms with Crippen molar-refractivity contribution >= 4 is 27.5 Å². The Morgan fingerprint density at radius 2 is 1.89 bits per heavy atom. The molecule has 1 fully saturated rings. The molecule has 0 spiro atoms. The molecule has 0 saturated heterocycles. The lowest BCUT2D eigenvalue weighted by atomic mass is 10.2. The van der Waals surface area contributed by atoms with Crippen LogP contribution in [0, 0.1) is 0 Å². The molecule has 8 heteroatoms. The van der Waals surface area contributed by atoms with Gasteiger partial charge < -0.3 is 5.32 Å². The molecule has 1 aliphatic carbocycles. The summed E-state index contributed by atoms with van der Waals surface area (Å²) in [5.74, 6) is -0.289. The number of carbonyl (C=O) groups is 1. The highest BCUT2D eigenvalue weighted by Gasteiger charge is 2.28. The van der Waals surface area contributed by atoms with Gasteiger partial charge in [0.15, 0.2) is 0 Å². The molecule has 1 aromatic carbocycles. The number of carbonyl (C=O) groups excluding carboxylic acids is 1. The summed E-state index contributed by atoms with van der Waals surface area (Å²) >= 11 is 5.91. The maximum Gasteiger partial charge on any atom is 0.245 e. The third kappa shape index (κ3) is 5.28. The van der Waals surface area contributed by atoms with Gasteiger partial charge in [-0.1, -0.05) is 36.6 Å². The second-order valence-electron chi connectivity index (χ2n) is 6.64. The van der Waals surface area contributed by atoms with Crippen LogP contribution in [0.4, 0.5) is 0 Å². The SMILES string of the molecule is O=C(CN(Cc1ccc(Cl)cc1)S(=O)(=O)c1cccnc1)NC1CCCC1. The molecule has 1 saturated carbocycles. The van der Waals surface area contributed by atoms with E-state index in [-0.39, 0.29) is 29.9 Å². The predicted molar refractivity (Wildman–Crippen MR) is 104 cm³/mol. The van der Waals surface area contributed by atoms with Crippen LogP contribution in [0.1, 0.15) is 31.2 Å². The summed E-state index contributed by atoms with van der Waals surface area (Å²) in [6.45, 7) is -0.164. The highest BCUT2D eigenvalue weighted by Crippen LogP contribution is 2.20. The van der Waals surface area contributed by atoms with E-state index in [4.69, 9.17) is 11.6 Å². The quantitative estimate of drug-likeness (QED) is 0.765. The number of nitrogens with zero attached hydrogens (tertiary/aromatic N) is 2. The fraction of sp³-hybridized carbons (Fsp3) is 0.368. The first kappa shape index (κ1) is 19.8. The van der Waals surface area contributed by atoms with Crippen LogP contribution in [0.25, 0.3) is 0 Å².